The number of hydrogen-bond acceptors (Lipinski definition) is 4. The minimum Gasteiger partial charge on any atom is -0.493 e. The number of carbonyl (C=O) groups excluding carboxylic acids is 2. The smallest absolute Gasteiger partial charge is 0.254 e. The van der Waals surface area contributed by atoms with Gasteiger partial charge in [0, 0.05) is 37.3 Å². The van der Waals surface area contributed by atoms with Crippen molar-refractivity contribution >= 4 is 11.8 Å². The molecule has 2 heterocycles. The number of carbonyl (C=O) groups is 2. The summed E-state index contributed by atoms with van der Waals surface area (Å²) in [5.41, 5.74) is 3.70. The zero-order chi connectivity index (χ0) is 22.5. The van der Waals surface area contributed by atoms with Gasteiger partial charge in [0.15, 0.2) is 0 Å². The molecule has 0 radical (unpaired) electrons. The van der Waals surface area contributed by atoms with Crippen LogP contribution in [-0.2, 0) is 4.74 Å². The van der Waals surface area contributed by atoms with E-state index < -0.39 is 0 Å². The molecule has 2 fully saturated rings. The molecule has 0 bridgehead atoms. The minimum absolute atomic E-state index is 0.0423. The maximum Gasteiger partial charge on any atom is 0.254 e. The van der Waals surface area contributed by atoms with E-state index in [1.54, 1.807) is 0 Å². The van der Waals surface area contributed by atoms with Gasteiger partial charge in [-0.25, -0.2) is 0 Å². The summed E-state index contributed by atoms with van der Waals surface area (Å²) < 4.78 is 11.3. The highest BCUT2D eigenvalue weighted by atomic mass is 16.5. The Balaban J connectivity index is 1.24. The van der Waals surface area contributed by atoms with Crippen molar-refractivity contribution in [1.29, 1.82) is 0 Å². The summed E-state index contributed by atoms with van der Waals surface area (Å²) in [6, 6.07) is 13.4. The predicted molar refractivity (Wildman–Crippen MR) is 123 cm³/mol. The average Bonchev–Trinajstić information content (AvgIpc) is 2.82. The van der Waals surface area contributed by atoms with Gasteiger partial charge in [-0.3, -0.25) is 9.59 Å². The third kappa shape index (κ3) is 5.49. The van der Waals surface area contributed by atoms with Gasteiger partial charge < -0.3 is 19.3 Å². The van der Waals surface area contributed by atoms with Gasteiger partial charge in [0.2, 0.25) is 0 Å². The molecule has 2 aliphatic heterocycles. The van der Waals surface area contributed by atoms with E-state index >= 15 is 0 Å². The van der Waals surface area contributed by atoms with Crippen molar-refractivity contribution in [3.63, 3.8) is 0 Å². The van der Waals surface area contributed by atoms with Crippen LogP contribution in [0.4, 0.5) is 0 Å². The zero-order valence-electron chi connectivity index (χ0n) is 19.0. The summed E-state index contributed by atoms with van der Waals surface area (Å²) in [6.45, 7) is 8.67. The number of rotatable bonds is 5. The second kappa shape index (κ2) is 10.2. The van der Waals surface area contributed by atoms with Gasteiger partial charge in [0.05, 0.1) is 19.8 Å². The van der Waals surface area contributed by atoms with Gasteiger partial charge >= 0.3 is 0 Å². The quantitative estimate of drug-likeness (QED) is 0.717. The first-order valence-corrected chi connectivity index (χ1v) is 11.5. The number of nitrogens with zero attached hydrogens (tertiary/aromatic N) is 2. The van der Waals surface area contributed by atoms with E-state index in [0.717, 1.165) is 48.4 Å². The molecule has 0 unspecified atom stereocenters. The van der Waals surface area contributed by atoms with E-state index in [1.165, 1.54) is 0 Å². The molecule has 2 amide bonds. The Kier molecular flexibility index (Phi) is 7.10. The van der Waals surface area contributed by atoms with Crippen molar-refractivity contribution in [3.8, 4) is 5.75 Å². The lowest BCUT2D eigenvalue weighted by molar-refractivity contribution is 0.0303. The van der Waals surface area contributed by atoms with Crippen LogP contribution in [-0.4, -0.2) is 67.6 Å². The van der Waals surface area contributed by atoms with Crippen LogP contribution < -0.4 is 4.74 Å². The van der Waals surface area contributed by atoms with E-state index in [9.17, 15) is 9.59 Å². The SMILES string of the molecule is Cc1cc(C)cc(C(=O)N2CCC(COc3ccc(C(=O)N4CCOCC4)cc3)CC2)c1. The topological polar surface area (TPSA) is 59.1 Å². The minimum atomic E-state index is 0.0423. The van der Waals surface area contributed by atoms with Crippen molar-refractivity contribution in [3.05, 3.63) is 64.7 Å². The molecule has 0 N–H and O–H groups in total. The normalized spacial score (nSPS) is 17.3. The Morgan fingerprint density at radius 2 is 1.41 bits per heavy atom. The first kappa shape index (κ1) is 22.3. The summed E-state index contributed by atoms with van der Waals surface area (Å²) in [5.74, 6) is 1.36. The van der Waals surface area contributed by atoms with Gasteiger partial charge in [-0.2, -0.15) is 0 Å². The molecule has 6 nitrogen and oxygen atoms in total. The third-order valence-corrected chi connectivity index (χ3v) is 6.26. The Morgan fingerprint density at radius 1 is 0.844 bits per heavy atom. The van der Waals surface area contributed by atoms with Crippen molar-refractivity contribution < 1.29 is 19.1 Å². The standard InChI is InChI=1S/C26H32N2O4/c1-19-15-20(2)17-23(16-19)26(30)27-9-7-21(8-10-27)18-32-24-5-3-22(4-6-24)25(29)28-11-13-31-14-12-28/h3-6,15-17,21H,7-14,18H2,1-2H3. The summed E-state index contributed by atoms with van der Waals surface area (Å²) in [7, 11) is 0. The second-order valence-electron chi connectivity index (χ2n) is 8.85. The number of ether oxygens (including phenoxy) is 2. The molecule has 2 aromatic carbocycles. The summed E-state index contributed by atoms with van der Waals surface area (Å²) in [4.78, 5) is 29.2. The Hall–Kier alpha value is -2.86. The largest absolute Gasteiger partial charge is 0.493 e. The average molecular weight is 437 g/mol. The van der Waals surface area contributed by atoms with E-state index in [4.69, 9.17) is 9.47 Å². The molecule has 2 saturated heterocycles. The maximum absolute atomic E-state index is 12.8. The van der Waals surface area contributed by atoms with Crippen LogP contribution in [0.15, 0.2) is 42.5 Å². The van der Waals surface area contributed by atoms with Gasteiger partial charge in [-0.1, -0.05) is 17.2 Å². The highest BCUT2D eigenvalue weighted by Gasteiger charge is 2.24. The molecule has 2 aromatic rings. The molecule has 0 aromatic heterocycles. The molecule has 0 atom stereocenters. The number of morpholine rings is 1. The van der Waals surface area contributed by atoms with Crippen molar-refractivity contribution in [2.45, 2.75) is 26.7 Å². The molecule has 6 heteroatoms. The molecule has 0 spiro atoms. The van der Waals surface area contributed by atoms with E-state index in [-0.39, 0.29) is 11.8 Å². The Labute approximate surface area is 190 Å². The van der Waals surface area contributed by atoms with Gasteiger partial charge in [-0.05, 0) is 69.0 Å². The molecule has 0 saturated carbocycles. The van der Waals surface area contributed by atoms with Crippen LogP contribution >= 0.6 is 0 Å². The van der Waals surface area contributed by atoms with E-state index in [0.29, 0.717) is 44.4 Å². The van der Waals surface area contributed by atoms with Gasteiger partial charge in [-0.15, -0.1) is 0 Å². The van der Waals surface area contributed by atoms with Crippen LogP contribution in [0.5, 0.6) is 5.75 Å². The Bertz CT molecular complexity index is 923. The maximum atomic E-state index is 12.8. The van der Waals surface area contributed by atoms with E-state index in [2.05, 4.69) is 6.07 Å². The van der Waals surface area contributed by atoms with Gasteiger partial charge in [0.1, 0.15) is 5.75 Å². The van der Waals surface area contributed by atoms with Crippen LogP contribution in [0.3, 0.4) is 0 Å². The fourth-order valence-corrected chi connectivity index (χ4v) is 4.44. The number of piperidine rings is 1. The van der Waals surface area contributed by atoms with Crippen LogP contribution in [0, 0.1) is 19.8 Å². The zero-order valence-corrected chi connectivity index (χ0v) is 19.0. The van der Waals surface area contributed by atoms with Crippen LogP contribution in [0.25, 0.3) is 0 Å². The summed E-state index contributed by atoms with van der Waals surface area (Å²) in [6.07, 6.45) is 1.87. The van der Waals surface area contributed by atoms with Gasteiger partial charge in [0.25, 0.3) is 11.8 Å². The number of aryl methyl sites for hydroxylation is 2. The molecule has 2 aliphatic rings. The lowest BCUT2D eigenvalue weighted by Gasteiger charge is -2.32. The number of likely N-dealkylation sites (tertiary alicyclic amines) is 1. The first-order chi connectivity index (χ1) is 15.5. The second-order valence-corrected chi connectivity index (χ2v) is 8.85. The third-order valence-electron chi connectivity index (χ3n) is 6.26. The Morgan fingerprint density at radius 3 is 2.03 bits per heavy atom. The van der Waals surface area contributed by atoms with Crippen molar-refractivity contribution in [1.82, 2.24) is 9.80 Å². The molecule has 32 heavy (non-hydrogen) atoms. The van der Waals surface area contributed by atoms with Crippen molar-refractivity contribution in [2.24, 2.45) is 5.92 Å². The lowest BCUT2D eigenvalue weighted by atomic mass is 9.97. The lowest BCUT2D eigenvalue weighted by Crippen LogP contribution is -2.40. The highest BCUT2D eigenvalue weighted by Crippen LogP contribution is 2.22. The summed E-state index contributed by atoms with van der Waals surface area (Å²) >= 11 is 0. The first-order valence-electron chi connectivity index (χ1n) is 11.5. The molecule has 4 rings (SSSR count). The monoisotopic (exact) mass is 436 g/mol. The molecular weight excluding hydrogens is 404 g/mol. The molecule has 170 valence electrons. The highest BCUT2D eigenvalue weighted by molar-refractivity contribution is 5.95. The number of amides is 2. The van der Waals surface area contributed by atoms with Crippen molar-refractivity contribution in [2.75, 3.05) is 46.0 Å². The predicted octanol–water partition coefficient (Wildman–Crippen LogP) is 3.71. The summed E-state index contributed by atoms with van der Waals surface area (Å²) in [5, 5.41) is 0. The number of hydrogen-bond donors (Lipinski definition) is 0. The van der Waals surface area contributed by atoms with E-state index in [1.807, 2.05) is 60.0 Å². The fourth-order valence-electron chi connectivity index (χ4n) is 4.44. The van der Waals surface area contributed by atoms with Crippen LogP contribution in [0.1, 0.15) is 44.7 Å². The fraction of sp³-hybridized carbons (Fsp3) is 0.462. The number of benzene rings is 2. The molecule has 0 aliphatic carbocycles. The molecular formula is C26H32N2O4. The van der Waals surface area contributed by atoms with Crippen LogP contribution in [0.2, 0.25) is 0 Å².